The zero-order chi connectivity index (χ0) is 22.2. The van der Waals surface area contributed by atoms with Crippen molar-refractivity contribution >= 4 is 45.1 Å². The second kappa shape index (κ2) is 8.40. The zero-order valence-electron chi connectivity index (χ0n) is 17.2. The van der Waals surface area contributed by atoms with Gasteiger partial charge in [0.05, 0.1) is 29.3 Å². The number of fused-ring (bicyclic) bond motifs is 2. The molecule has 4 heterocycles. The van der Waals surface area contributed by atoms with Crippen LogP contribution >= 0.6 is 23.1 Å². The van der Waals surface area contributed by atoms with Crippen molar-refractivity contribution in [3.63, 3.8) is 0 Å². The number of benzene rings is 1. The van der Waals surface area contributed by atoms with E-state index in [1.54, 1.807) is 41.2 Å². The van der Waals surface area contributed by atoms with Crippen molar-refractivity contribution in [3.8, 4) is 0 Å². The number of rotatable bonds is 7. The molecule has 0 saturated carbocycles. The van der Waals surface area contributed by atoms with E-state index in [0.717, 1.165) is 11.3 Å². The van der Waals surface area contributed by atoms with E-state index in [4.69, 9.17) is 9.40 Å². The summed E-state index contributed by atoms with van der Waals surface area (Å²) in [4.78, 5) is 46.2. The summed E-state index contributed by atoms with van der Waals surface area (Å²) >= 11 is 2.87. The van der Waals surface area contributed by atoms with Crippen LogP contribution in [0.5, 0.6) is 0 Å². The number of amides is 2. The third-order valence-electron chi connectivity index (χ3n) is 5.33. The van der Waals surface area contributed by atoms with E-state index in [0.29, 0.717) is 38.0 Å². The van der Waals surface area contributed by atoms with Gasteiger partial charge in [-0.05, 0) is 36.8 Å². The van der Waals surface area contributed by atoms with Gasteiger partial charge in [0, 0.05) is 17.2 Å². The molecule has 9 heteroatoms. The van der Waals surface area contributed by atoms with Gasteiger partial charge in [0.15, 0.2) is 5.16 Å². The normalized spacial score (nSPS) is 13.3. The summed E-state index contributed by atoms with van der Waals surface area (Å²) in [6.07, 6.45) is 2.40. The Labute approximate surface area is 191 Å². The molecule has 0 radical (unpaired) electrons. The summed E-state index contributed by atoms with van der Waals surface area (Å²) in [5.74, 6) is 0.511. The van der Waals surface area contributed by atoms with Gasteiger partial charge in [-0.2, -0.15) is 0 Å². The fourth-order valence-corrected chi connectivity index (χ4v) is 5.63. The number of carbonyl (C=O) groups is 2. The average molecular weight is 466 g/mol. The molecule has 1 aromatic carbocycles. The van der Waals surface area contributed by atoms with Crippen molar-refractivity contribution in [2.45, 2.75) is 25.0 Å². The first kappa shape index (κ1) is 20.7. The molecule has 4 aromatic rings. The van der Waals surface area contributed by atoms with Gasteiger partial charge in [-0.15, -0.1) is 11.3 Å². The van der Waals surface area contributed by atoms with Crippen LogP contribution in [0.1, 0.15) is 38.3 Å². The van der Waals surface area contributed by atoms with Gasteiger partial charge in [0.2, 0.25) is 0 Å². The first-order chi connectivity index (χ1) is 15.6. The van der Waals surface area contributed by atoms with E-state index in [1.807, 2.05) is 19.1 Å². The minimum Gasteiger partial charge on any atom is -0.467 e. The second-order valence-corrected chi connectivity index (χ2v) is 9.48. The van der Waals surface area contributed by atoms with E-state index >= 15 is 0 Å². The number of thioether (sulfide) groups is 1. The molecule has 32 heavy (non-hydrogen) atoms. The predicted molar refractivity (Wildman–Crippen MR) is 124 cm³/mol. The number of nitrogens with zero attached hydrogens (tertiary/aromatic N) is 3. The standard InChI is InChI=1S/C23H19N3O4S2/c1-2-15-12-18-19(32-15)24-23(26(22(18)29)13-14-6-5-10-30-14)31-11-9-25-20(27)16-7-3-4-8-17(16)21(25)28/h3-8,10,12H,2,9,11,13H2,1H3. The van der Waals surface area contributed by atoms with Crippen molar-refractivity contribution in [1.82, 2.24) is 14.5 Å². The van der Waals surface area contributed by atoms with Gasteiger partial charge in [-0.1, -0.05) is 30.8 Å². The van der Waals surface area contributed by atoms with Crippen molar-refractivity contribution < 1.29 is 14.0 Å². The first-order valence-corrected chi connectivity index (χ1v) is 12.0. The molecule has 3 aromatic heterocycles. The summed E-state index contributed by atoms with van der Waals surface area (Å²) in [5.41, 5.74) is 0.746. The molecule has 7 nitrogen and oxygen atoms in total. The van der Waals surface area contributed by atoms with Gasteiger partial charge in [0.25, 0.3) is 17.4 Å². The number of aromatic nitrogens is 2. The van der Waals surface area contributed by atoms with E-state index in [2.05, 4.69) is 0 Å². The van der Waals surface area contributed by atoms with E-state index in [1.165, 1.54) is 28.0 Å². The van der Waals surface area contributed by atoms with Crippen molar-refractivity contribution in [1.29, 1.82) is 0 Å². The SMILES string of the molecule is CCc1cc2c(=O)n(Cc3ccco3)c(SCCN3C(=O)c4ccccc4C3=O)nc2s1. The minimum absolute atomic E-state index is 0.120. The maximum atomic E-state index is 13.2. The Balaban J connectivity index is 1.41. The maximum absolute atomic E-state index is 13.2. The Morgan fingerprint density at radius 1 is 1.06 bits per heavy atom. The molecular weight excluding hydrogens is 446 g/mol. The molecule has 0 bridgehead atoms. The Hall–Kier alpha value is -3.17. The largest absolute Gasteiger partial charge is 0.467 e. The van der Waals surface area contributed by atoms with Crippen LogP contribution in [0.2, 0.25) is 0 Å². The lowest BCUT2D eigenvalue weighted by Crippen LogP contribution is -2.32. The number of furan rings is 1. The molecule has 2 amide bonds. The van der Waals surface area contributed by atoms with E-state index in [-0.39, 0.29) is 30.5 Å². The molecule has 0 spiro atoms. The highest BCUT2D eigenvalue weighted by molar-refractivity contribution is 7.99. The first-order valence-electron chi connectivity index (χ1n) is 10.2. The topological polar surface area (TPSA) is 85.4 Å². The van der Waals surface area contributed by atoms with Gasteiger partial charge in [0.1, 0.15) is 10.6 Å². The third kappa shape index (κ3) is 3.57. The summed E-state index contributed by atoms with van der Waals surface area (Å²) in [5, 5.41) is 1.14. The maximum Gasteiger partial charge on any atom is 0.263 e. The molecule has 1 aliphatic heterocycles. The van der Waals surface area contributed by atoms with E-state index < -0.39 is 0 Å². The molecule has 0 saturated heterocycles. The Morgan fingerprint density at radius 2 is 1.81 bits per heavy atom. The lowest BCUT2D eigenvalue weighted by molar-refractivity contribution is 0.0664. The van der Waals surface area contributed by atoms with Gasteiger partial charge < -0.3 is 4.42 Å². The molecule has 1 aliphatic rings. The molecular formula is C23H19N3O4S2. The minimum atomic E-state index is -0.284. The van der Waals surface area contributed by atoms with Gasteiger partial charge in [-0.25, -0.2) is 4.98 Å². The number of carbonyl (C=O) groups excluding carboxylic acids is 2. The molecule has 0 fully saturated rings. The molecule has 5 rings (SSSR count). The van der Waals surface area contributed by atoms with Crippen LogP contribution < -0.4 is 5.56 Å². The molecule has 162 valence electrons. The van der Waals surface area contributed by atoms with Crippen molar-refractivity contribution in [2.75, 3.05) is 12.3 Å². The number of hydrogen-bond donors (Lipinski definition) is 0. The fraction of sp³-hybridized carbons (Fsp3) is 0.217. The fourth-order valence-electron chi connectivity index (χ4n) is 3.70. The number of hydrogen-bond acceptors (Lipinski definition) is 7. The van der Waals surface area contributed by atoms with Crippen LogP contribution in [0.25, 0.3) is 10.2 Å². The van der Waals surface area contributed by atoms with Crippen LogP contribution in [0.4, 0.5) is 0 Å². The Bertz CT molecular complexity index is 1350. The number of imide groups is 1. The summed E-state index contributed by atoms with van der Waals surface area (Å²) < 4.78 is 7.04. The number of thiophene rings is 1. The number of aryl methyl sites for hydroxylation is 1. The van der Waals surface area contributed by atoms with Gasteiger partial charge in [-0.3, -0.25) is 23.9 Å². The highest BCUT2D eigenvalue weighted by Crippen LogP contribution is 2.27. The van der Waals surface area contributed by atoms with Crippen LogP contribution in [0.3, 0.4) is 0 Å². The smallest absolute Gasteiger partial charge is 0.263 e. The Morgan fingerprint density at radius 3 is 2.47 bits per heavy atom. The van der Waals surface area contributed by atoms with Crippen LogP contribution in [-0.4, -0.2) is 38.6 Å². The molecule has 0 atom stereocenters. The van der Waals surface area contributed by atoms with Crippen LogP contribution in [0, 0.1) is 0 Å². The highest BCUT2D eigenvalue weighted by atomic mass is 32.2. The summed E-state index contributed by atoms with van der Waals surface area (Å²) in [7, 11) is 0. The Kier molecular flexibility index (Phi) is 5.44. The monoisotopic (exact) mass is 465 g/mol. The summed E-state index contributed by atoms with van der Waals surface area (Å²) in [6.45, 7) is 2.54. The summed E-state index contributed by atoms with van der Waals surface area (Å²) in [6, 6.07) is 12.3. The van der Waals surface area contributed by atoms with Gasteiger partial charge >= 0.3 is 0 Å². The third-order valence-corrected chi connectivity index (χ3v) is 7.46. The van der Waals surface area contributed by atoms with E-state index in [9.17, 15) is 14.4 Å². The van der Waals surface area contributed by atoms with Crippen molar-refractivity contribution in [3.05, 3.63) is 80.8 Å². The van der Waals surface area contributed by atoms with Crippen molar-refractivity contribution in [2.24, 2.45) is 0 Å². The molecule has 0 unspecified atom stereocenters. The zero-order valence-corrected chi connectivity index (χ0v) is 18.9. The quantitative estimate of drug-likeness (QED) is 0.233. The van der Waals surface area contributed by atoms with Crippen LogP contribution in [0.15, 0.2) is 63.1 Å². The second-order valence-electron chi connectivity index (χ2n) is 7.31. The molecule has 0 N–H and O–H groups in total. The lowest BCUT2D eigenvalue weighted by atomic mass is 10.1. The average Bonchev–Trinajstić information content (AvgIpc) is 3.52. The highest BCUT2D eigenvalue weighted by Gasteiger charge is 2.34. The predicted octanol–water partition coefficient (Wildman–Crippen LogP) is 4.05. The lowest BCUT2D eigenvalue weighted by Gasteiger charge is -2.15. The van der Waals surface area contributed by atoms with Crippen LogP contribution in [-0.2, 0) is 13.0 Å². The molecule has 0 aliphatic carbocycles.